The lowest BCUT2D eigenvalue weighted by atomic mass is 10.0. The minimum atomic E-state index is 0.177. The summed E-state index contributed by atoms with van der Waals surface area (Å²) in [4.78, 5) is 1.37. The van der Waals surface area contributed by atoms with E-state index in [1.54, 1.807) is 0 Å². The summed E-state index contributed by atoms with van der Waals surface area (Å²) >= 11 is 1.81. The fourth-order valence-corrected chi connectivity index (χ4v) is 3.74. The van der Waals surface area contributed by atoms with E-state index in [2.05, 4.69) is 54.9 Å². The molecule has 0 radical (unpaired) electrons. The van der Waals surface area contributed by atoms with Gasteiger partial charge in [0.2, 0.25) is 0 Å². The predicted molar refractivity (Wildman–Crippen MR) is 89.9 cm³/mol. The molecule has 21 heavy (non-hydrogen) atoms. The average molecular weight is 299 g/mol. The van der Waals surface area contributed by atoms with Gasteiger partial charge in [0, 0.05) is 17.3 Å². The molecule has 0 amide bonds. The van der Waals surface area contributed by atoms with Crippen molar-refractivity contribution in [1.82, 2.24) is 15.1 Å². The first-order valence-corrected chi connectivity index (χ1v) is 8.29. The maximum Gasteiger partial charge on any atom is 0.0926 e. The number of rotatable bonds is 5. The van der Waals surface area contributed by atoms with E-state index < -0.39 is 0 Å². The van der Waals surface area contributed by atoms with Crippen molar-refractivity contribution in [3.63, 3.8) is 0 Å². The number of hydrogen-bond acceptors (Lipinski definition) is 3. The molecule has 0 aliphatic heterocycles. The summed E-state index contributed by atoms with van der Waals surface area (Å²) in [6.07, 6.45) is 1.12. The number of para-hydroxylation sites is 1. The van der Waals surface area contributed by atoms with Gasteiger partial charge < -0.3 is 5.32 Å². The predicted octanol–water partition coefficient (Wildman–Crippen LogP) is 4.03. The van der Waals surface area contributed by atoms with E-state index in [0.29, 0.717) is 0 Å². The van der Waals surface area contributed by atoms with E-state index in [1.807, 2.05) is 23.1 Å². The van der Waals surface area contributed by atoms with Gasteiger partial charge in [0.25, 0.3) is 0 Å². The number of aryl methyl sites for hydroxylation is 2. The van der Waals surface area contributed by atoms with Gasteiger partial charge in [-0.3, -0.25) is 4.68 Å². The highest BCUT2D eigenvalue weighted by atomic mass is 32.1. The van der Waals surface area contributed by atoms with E-state index in [9.17, 15) is 0 Å². The number of fused-ring (bicyclic) bond motifs is 1. The second-order valence-corrected chi connectivity index (χ2v) is 6.33. The molecule has 1 aromatic carbocycles. The van der Waals surface area contributed by atoms with Gasteiger partial charge in [-0.15, -0.1) is 11.3 Å². The van der Waals surface area contributed by atoms with Crippen LogP contribution in [0.5, 0.6) is 0 Å². The van der Waals surface area contributed by atoms with E-state index in [0.717, 1.165) is 18.7 Å². The zero-order chi connectivity index (χ0) is 14.8. The van der Waals surface area contributed by atoms with Crippen molar-refractivity contribution < 1.29 is 0 Å². The van der Waals surface area contributed by atoms with Crippen LogP contribution in [-0.4, -0.2) is 16.3 Å². The summed E-state index contributed by atoms with van der Waals surface area (Å²) in [5.41, 5.74) is 3.65. The zero-order valence-electron chi connectivity index (χ0n) is 12.8. The molecular weight excluding hydrogens is 278 g/mol. The molecule has 0 spiro atoms. The SMILES string of the molecule is CCCNC(c1sccc1C)c1nn(C)c2ccccc12. The molecule has 110 valence electrons. The van der Waals surface area contributed by atoms with Gasteiger partial charge in [0.1, 0.15) is 0 Å². The molecule has 3 nitrogen and oxygen atoms in total. The van der Waals surface area contributed by atoms with Crippen LogP contribution in [0.25, 0.3) is 10.9 Å². The Morgan fingerprint density at radius 1 is 1.29 bits per heavy atom. The minimum absolute atomic E-state index is 0.177. The Morgan fingerprint density at radius 2 is 2.10 bits per heavy atom. The highest BCUT2D eigenvalue weighted by Gasteiger charge is 2.22. The van der Waals surface area contributed by atoms with Gasteiger partial charge >= 0.3 is 0 Å². The quantitative estimate of drug-likeness (QED) is 0.771. The lowest BCUT2D eigenvalue weighted by molar-refractivity contribution is 0.584. The number of nitrogens with zero attached hydrogens (tertiary/aromatic N) is 2. The first kappa shape index (κ1) is 14.3. The molecular formula is C17H21N3S. The topological polar surface area (TPSA) is 29.9 Å². The van der Waals surface area contributed by atoms with Crippen LogP contribution in [0.15, 0.2) is 35.7 Å². The van der Waals surface area contributed by atoms with Crippen molar-refractivity contribution in [3.8, 4) is 0 Å². The van der Waals surface area contributed by atoms with Gasteiger partial charge in [-0.05, 0) is 43.0 Å². The first-order valence-electron chi connectivity index (χ1n) is 7.41. The van der Waals surface area contributed by atoms with Crippen LogP contribution >= 0.6 is 11.3 Å². The largest absolute Gasteiger partial charge is 0.304 e. The van der Waals surface area contributed by atoms with Gasteiger partial charge in [-0.2, -0.15) is 5.10 Å². The van der Waals surface area contributed by atoms with Crippen molar-refractivity contribution in [2.24, 2.45) is 7.05 Å². The molecule has 0 aliphatic carbocycles. The van der Waals surface area contributed by atoms with E-state index >= 15 is 0 Å². The highest BCUT2D eigenvalue weighted by molar-refractivity contribution is 7.10. The van der Waals surface area contributed by atoms with Crippen molar-refractivity contribution in [1.29, 1.82) is 0 Å². The lowest BCUT2D eigenvalue weighted by Crippen LogP contribution is -2.23. The number of aromatic nitrogens is 2. The highest BCUT2D eigenvalue weighted by Crippen LogP contribution is 2.32. The third-order valence-electron chi connectivity index (χ3n) is 3.82. The second kappa shape index (κ2) is 6.00. The van der Waals surface area contributed by atoms with E-state index in [1.165, 1.54) is 21.3 Å². The summed E-state index contributed by atoms with van der Waals surface area (Å²) in [7, 11) is 2.02. The Bertz CT molecular complexity index is 741. The molecule has 1 unspecified atom stereocenters. The molecule has 3 aromatic rings. The maximum absolute atomic E-state index is 4.80. The summed E-state index contributed by atoms with van der Waals surface area (Å²) in [5, 5.41) is 11.9. The van der Waals surface area contributed by atoms with Crippen LogP contribution < -0.4 is 5.32 Å². The molecule has 3 rings (SSSR count). The molecule has 2 heterocycles. The summed E-state index contributed by atoms with van der Waals surface area (Å²) < 4.78 is 1.98. The van der Waals surface area contributed by atoms with E-state index in [4.69, 9.17) is 5.10 Å². The standard InChI is InChI=1S/C17H21N3S/c1-4-10-18-16(17-12(2)9-11-21-17)15-13-7-5-6-8-14(13)20(3)19-15/h5-9,11,16,18H,4,10H2,1-3H3. The van der Waals surface area contributed by atoms with Crippen molar-refractivity contribution in [2.45, 2.75) is 26.3 Å². The lowest BCUT2D eigenvalue weighted by Gasteiger charge is -2.17. The van der Waals surface area contributed by atoms with Crippen molar-refractivity contribution in [2.75, 3.05) is 6.54 Å². The van der Waals surface area contributed by atoms with Gasteiger partial charge in [-0.1, -0.05) is 25.1 Å². The van der Waals surface area contributed by atoms with Crippen LogP contribution in [0.1, 0.15) is 35.5 Å². The molecule has 0 saturated heterocycles. The van der Waals surface area contributed by atoms with Gasteiger partial charge in [0.05, 0.1) is 17.3 Å². The summed E-state index contributed by atoms with van der Waals surface area (Å²) in [6, 6.07) is 10.8. The maximum atomic E-state index is 4.80. The molecule has 0 aliphatic rings. The Hall–Kier alpha value is -1.65. The third-order valence-corrected chi connectivity index (χ3v) is 4.91. The number of nitrogens with one attached hydrogen (secondary N) is 1. The zero-order valence-corrected chi connectivity index (χ0v) is 13.6. The summed E-state index contributed by atoms with van der Waals surface area (Å²) in [6.45, 7) is 5.37. The van der Waals surface area contributed by atoms with Gasteiger partial charge in [0.15, 0.2) is 0 Å². The first-order chi connectivity index (χ1) is 10.2. The summed E-state index contributed by atoms with van der Waals surface area (Å²) in [5.74, 6) is 0. The normalized spacial score (nSPS) is 12.9. The van der Waals surface area contributed by atoms with Crippen LogP contribution in [0.4, 0.5) is 0 Å². The van der Waals surface area contributed by atoms with Crippen molar-refractivity contribution >= 4 is 22.2 Å². The Balaban J connectivity index is 2.12. The van der Waals surface area contributed by atoms with Crippen LogP contribution in [-0.2, 0) is 7.05 Å². The van der Waals surface area contributed by atoms with Crippen LogP contribution in [0.2, 0.25) is 0 Å². The van der Waals surface area contributed by atoms with Crippen LogP contribution in [0.3, 0.4) is 0 Å². The minimum Gasteiger partial charge on any atom is -0.304 e. The molecule has 0 saturated carbocycles. The fraction of sp³-hybridized carbons (Fsp3) is 0.353. The number of hydrogen-bond donors (Lipinski definition) is 1. The molecule has 1 N–H and O–H groups in total. The molecule has 0 bridgehead atoms. The van der Waals surface area contributed by atoms with Crippen LogP contribution in [0, 0.1) is 6.92 Å². The Morgan fingerprint density at radius 3 is 2.81 bits per heavy atom. The molecule has 4 heteroatoms. The van der Waals surface area contributed by atoms with E-state index in [-0.39, 0.29) is 6.04 Å². The molecule has 0 fully saturated rings. The molecule has 1 atom stereocenters. The Kier molecular flexibility index (Phi) is 4.08. The molecule has 2 aromatic heterocycles. The number of thiophene rings is 1. The average Bonchev–Trinajstić information content (AvgIpc) is 3.06. The smallest absolute Gasteiger partial charge is 0.0926 e. The second-order valence-electron chi connectivity index (χ2n) is 5.38. The Labute approximate surface area is 129 Å². The monoisotopic (exact) mass is 299 g/mol. The fourth-order valence-electron chi connectivity index (χ4n) is 2.74. The third kappa shape index (κ3) is 2.61. The van der Waals surface area contributed by atoms with Gasteiger partial charge in [-0.25, -0.2) is 0 Å². The number of benzene rings is 1. The van der Waals surface area contributed by atoms with Crippen molar-refractivity contribution in [3.05, 3.63) is 51.8 Å².